The van der Waals surface area contributed by atoms with Crippen LogP contribution in [0, 0.1) is 32.1 Å². The number of halogens is 1. The number of pyridine rings is 1. The predicted octanol–water partition coefficient (Wildman–Crippen LogP) is 4.12. The zero-order chi connectivity index (χ0) is 14.0. The summed E-state index contributed by atoms with van der Waals surface area (Å²) < 4.78 is 0. The largest absolute Gasteiger partial charge is 0.240 e. The minimum atomic E-state index is 0.297. The number of aryl methyl sites for hydroxylation is 2. The molecule has 0 saturated heterocycles. The highest BCUT2D eigenvalue weighted by Gasteiger charge is 2.13. The topological polar surface area (TPSA) is 36.7 Å². The normalized spacial score (nSPS) is 10.3. The van der Waals surface area contributed by atoms with Gasteiger partial charge in [0.1, 0.15) is 11.2 Å². The van der Waals surface area contributed by atoms with Crippen molar-refractivity contribution in [3.63, 3.8) is 0 Å². The third-order valence-corrected chi connectivity index (χ3v) is 3.59. The fourth-order valence-corrected chi connectivity index (χ4v) is 2.58. The summed E-state index contributed by atoms with van der Waals surface area (Å²) >= 11 is 6.00. The molecule has 0 aliphatic carbocycles. The summed E-state index contributed by atoms with van der Waals surface area (Å²) in [5, 5.41) is 9.45. The number of nitriles is 1. The molecule has 19 heavy (non-hydrogen) atoms. The molecule has 0 saturated carbocycles. The number of aromatic nitrogens is 1. The quantitative estimate of drug-likeness (QED) is 0.770. The second-order valence-corrected chi connectivity index (χ2v) is 5.10. The minimum Gasteiger partial charge on any atom is -0.240 e. The fourth-order valence-electron chi connectivity index (χ4n) is 2.26. The van der Waals surface area contributed by atoms with Gasteiger partial charge in [-0.2, -0.15) is 5.26 Å². The van der Waals surface area contributed by atoms with Crippen LogP contribution in [0.15, 0.2) is 24.3 Å². The van der Waals surface area contributed by atoms with E-state index < -0.39 is 0 Å². The van der Waals surface area contributed by atoms with E-state index in [-0.39, 0.29) is 0 Å². The van der Waals surface area contributed by atoms with Crippen LogP contribution in [0.5, 0.6) is 0 Å². The van der Waals surface area contributed by atoms with E-state index in [0.717, 1.165) is 23.2 Å². The van der Waals surface area contributed by atoms with Gasteiger partial charge in [0.2, 0.25) is 0 Å². The zero-order valence-corrected chi connectivity index (χ0v) is 12.0. The van der Waals surface area contributed by atoms with Crippen molar-refractivity contribution < 1.29 is 0 Å². The molecule has 96 valence electrons. The van der Waals surface area contributed by atoms with Crippen LogP contribution in [-0.4, -0.2) is 4.98 Å². The van der Waals surface area contributed by atoms with Gasteiger partial charge >= 0.3 is 0 Å². The standard InChI is InChI=1S/C16H15ClN2/c1-10-5-4-6-13(7-10)8-14-11(2)15(9-18)16(17)19-12(14)3/h4-7H,8H2,1-3H3. The van der Waals surface area contributed by atoms with Gasteiger partial charge in [-0.15, -0.1) is 0 Å². The van der Waals surface area contributed by atoms with Crippen molar-refractivity contribution in [3.8, 4) is 6.07 Å². The lowest BCUT2D eigenvalue weighted by atomic mass is 9.96. The monoisotopic (exact) mass is 270 g/mol. The first-order chi connectivity index (χ1) is 9.02. The van der Waals surface area contributed by atoms with E-state index in [9.17, 15) is 0 Å². The highest BCUT2D eigenvalue weighted by Crippen LogP contribution is 2.25. The number of benzene rings is 1. The molecule has 3 heteroatoms. The molecule has 0 aliphatic heterocycles. The number of nitrogens with zero attached hydrogens (tertiary/aromatic N) is 2. The van der Waals surface area contributed by atoms with Crippen LogP contribution in [0.25, 0.3) is 0 Å². The molecule has 1 aromatic carbocycles. The Morgan fingerprint density at radius 2 is 2.00 bits per heavy atom. The first-order valence-corrected chi connectivity index (χ1v) is 6.52. The molecule has 0 unspecified atom stereocenters. The van der Waals surface area contributed by atoms with E-state index in [1.807, 2.05) is 19.9 Å². The van der Waals surface area contributed by atoms with Crippen LogP contribution >= 0.6 is 11.6 Å². The molecule has 2 aromatic rings. The van der Waals surface area contributed by atoms with Gasteiger partial charge in [-0.05, 0) is 43.9 Å². The first-order valence-electron chi connectivity index (χ1n) is 6.14. The maximum absolute atomic E-state index is 9.15. The van der Waals surface area contributed by atoms with E-state index in [1.165, 1.54) is 11.1 Å². The smallest absolute Gasteiger partial charge is 0.147 e. The molecule has 0 amide bonds. The SMILES string of the molecule is Cc1cccc(Cc2c(C)nc(Cl)c(C#N)c2C)c1. The molecule has 0 aliphatic rings. The van der Waals surface area contributed by atoms with Crippen LogP contribution < -0.4 is 0 Å². The van der Waals surface area contributed by atoms with Gasteiger partial charge in [0.05, 0.1) is 5.56 Å². The van der Waals surface area contributed by atoms with E-state index in [4.69, 9.17) is 16.9 Å². The second kappa shape index (κ2) is 5.42. The maximum Gasteiger partial charge on any atom is 0.147 e. The lowest BCUT2D eigenvalue weighted by Gasteiger charge is -2.12. The second-order valence-electron chi connectivity index (χ2n) is 4.74. The molecule has 0 bridgehead atoms. The van der Waals surface area contributed by atoms with Crippen molar-refractivity contribution in [2.24, 2.45) is 0 Å². The third-order valence-electron chi connectivity index (χ3n) is 3.31. The fraction of sp³-hybridized carbons (Fsp3) is 0.250. The number of hydrogen-bond acceptors (Lipinski definition) is 2. The minimum absolute atomic E-state index is 0.297. The Hall–Kier alpha value is -1.85. The number of hydrogen-bond donors (Lipinski definition) is 0. The summed E-state index contributed by atoms with van der Waals surface area (Å²) in [6.45, 7) is 5.94. The number of rotatable bonds is 2. The lowest BCUT2D eigenvalue weighted by molar-refractivity contribution is 1.04. The van der Waals surface area contributed by atoms with Gasteiger partial charge in [0.25, 0.3) is 0 Å². The van der Waals surface area contributed by atoms with E-state index in [1.54, 1.807) is 0 Å². The summed E-state index contributed by atoms with van der Waals surface area (Å²) in [7, 11) is 0. The van der Waals surface area contributed by atoms with Crippen LogP contribution in [0.4, 0.5) is 0 Å². The summed E-state index contributed by atoms with van der Waals surface area (Å²) in [6, 6.07) is 10.5. The van der Waals surface area contributed by atoms with Crippen molar-refractivity contribution in [1.29, 1.82) is 5.26 Å². The van der Waals surface area contributed by atoms with Gasteiger partial charge in [-0.25, -0.2) is 4.98 Å². The van der Waals surface area contributed by atoms with Crippen molar-refractivity contribution in [2.75, 3.05) is 0 Å². The van der Waals surface area contributed by atoms with Crippen molar-refractivity contribution in [2.45, 2.75) is 27.2 Å². The highest BCUT2D eigenvalue weighted by molar-refractivity contribution is 6.30. The summed E-state index contributed by atoms with van der Waals surface area (Å²) in [4.78, 5) is 4.27. The zero-order valence-electron chi connectivity index (χ0n) is 11.3. The summed E-state index contributed by atoms with van der Waals surface area (Å²) in [5.74, 6) is 0. The van der Waals surface area contributed by atoms with Crippen LogP contribution in [0.2, 0.25) is 5.15 Å². The van der Waals surface area contributed by atoms with Crippen molar-refractivity contribution >= 4 is 11.6 Å². The molecule has 0 N–H and O–H groups in total. The van der Waals surface area contributed by atoms with Crippen LogP contribution in [-0.2, 0) is 6.42 Å². The highest BCUT2D eigenvalue weighted by atomic mass is 35.5. The average Bonchev–Trinajstić information content (AvgIpc) is 2.35. The van der Waals surface area contributed by atoms with Crippen molar-refractivity contribution in [1.82, 2.24) is 4.98 Å². The predicted molar refractivity (Wildman–Crippen MR) is 77.4 cm³/mol. The molecule has 1 heterocycles. The van der Waals surface area contributed by atoms with Crippen molar-refractivity contribution in [3.05, 3.63) is 62.9 Å². The van der Waals surface area contributed by atoms with Gasteiger partial charge in [0.15, 0.2) is 0 Å². The molecule has 0 fully saturated rings. The molecule has 0 spiro atoms. The lowest BCUT2D eigenvalue weighted by Crippen LogP contribution is -2.02. The maximum atomic E-state index is 9.15. The average molecular weight is 271 g/mol. The Bertz CT molecular complexity index is 669. The Kier molecular flexibility index (Phi) is 3.87. The Morgan fingerprint density at radius 3 is 2.63 bits per heavy atom. The Balaban J connectivity index is 2.49. The van der Waals surface area contributed by atoms with Crippen LogP contribution in [0.1, 0.15) is 33.5 Å². The molecule has 0 atom stereocenters. The summed E-state index contributed by atoms with van der Waals surface area (Å²) in [6.07, 6.45) is 0.776. The third kappa shape index (κ3) is 2.77. The molecule has 0 radical (unpaired) electrons. The van der Waals surface area contributed by atoms with Gasteiger partial charge < -0.3 is 0 Å². The van der Waals surface area contributed by atoms with Crippen LogP contribution in [0.3, 0.4) is 0 Å². The molecular formula is C16H15ClN2. The van der Waals surface area contributed by atoms with Gasteiger partial charge in [-0.3, -0.25) is 0 Å². The first kappa shape index (κ1) is 13.6. The van der Waals surface area contributed by atoms with E-state index >= 15 is 0 Å². The van der Waals surface area contributed by atoms with E-state index in [2.05, 4.69) is 36.2 Å². The van der Waals surface area contributed by atoms with Gasteiger partial charge in [-0.1, -0.05) is 41.4 Å². The molecule has 2 nitrogen and oxygen atoms in total. The van der Waals surface area contributed by atoms with E-state index in [0.29, 0.717) is 10.7 Å². The molecular weight excluding hydrogens is 256 g/mol. The Morgan fingerprint density at radius 1 is 1.26 bits per heavy atom. The molecule has 1 aromatic heterocycles. The Labute approximate surface area is 118 Å². The van der Waals surface area contributed by atoms with Gasteiger partial charge in [0, 0.05) is 5.69 Å². The summed E-state index contributed by atoms with van der Waals surface area (Å²) in [5.41, 5.74) is 5.85. The molecule has 2 rings (SSSR count).